The lowest BCUT2D eigenvalue weighted by atomic mass is 10.4. The van der Waals surface area contributed by atoms with Gasteiger partial charge in [-0.05, 0) is 0 Å². The minimum atomic E-state index is 0.422. The molecule has 0 atom stereocenters. The van der Waals surface area contributed by atoms with Gasteiger partial charge in [-0.3, -0.25) is 0 Å². The van der Waals surface area contributed by atoms with E-state index in [4.69, 9.17) is 5.73 Å². The van der Waals surface area contributed by atoms with E-state index in [9.17, 15) is 0 Å². The molecule has 0 unspecified atom stereocenters. The van der Waals surface area contributed by atoms with Crippen LogP contribution in [0.4, 0.5) is 0 Å². The fourth-order valence-electron chi connectivity index (χ4n) is 1.21. The summed E-state index contributed by atoms with van der Waals surface area (Å²) in [5.74, 6) is 0. The molecule has 2 N–H and O–H groups in total. The monoisotopic (exact) mass is 192 g/mol. The van der Waals surface area contributed by atoms with Gasteiger partial charge in [-0.1, -0.05) is 5.21 Å². The SMILES string of the molecule is Cn1cncc1Cn1cc(CN)nn1. The Morgan fingerprint density at radius 1 is 1.50 bits per heavy atom. The van der Waals surface area contributed by atoms with Crippen molar-refractivity contribution in [1.29, 1.82) is 0 Å². The van der Waals surface area contributed by atoms with E-state index < -0.39 is 0 Å². The summed E-state index contributed by atoms with van der Waals surface area (Å²) >= 11 is 0. The highest BCUT2D eigenvalue weighted by atomic mass is 15.4. The third-order valence-corrected chi connectivity index (χ3v) is 2.04. The van der Waals surface area contributed by atoms with Gasteiger partial charge in [0, 0.05) is 13.6 Å². The molecule has 0 aliphatic heterocycles. The van der Waals surface area contributed by atoms with Gasteiger partial charge < -0.3 is 10.3 Å². The Labute approximate surface area is 81.4 Å². The van der Waals surface area contributed by atoms with E-state index in [0.717, 1.165) is 11.4 Å². The van der Waals surface area contributed by atoms with Crippen LogP contribution < -0.4 is 5.73 Å². The van der Waals surface area contributed by atoms with Gasteiger partial charge in [0.15, 0.2) is 0 Å². The number of imidazole rings is 1. The van der Waals surface area contributed by atoms with Crippen molar-refractivity contribution in [3.05, 3.63) is 30.1 Å². The molecule has 2 heterocycles. The summed E-state index contributed by atoms with van der Waals surface area (Å²) in [5, 5.41) is 7.85. The molecule has 6 heteroatoms. The molecule has 0 spiro atoms. The van der Waals surface area contributed by atoms with Gasteiger partial charge in [0.1, 0.15) is 0 Å². The van der Waals surface area contributed by atoms with Crippen molar-refractivity contribution < 1.29 is 0 Å². The van der Waals surface area contributed by atoms with Crippen molar-refractivity contribution in [1.82, 2.24) is 24.5 Å². The van der Waals surface area contributed by atoms with Gasteiger partial charge in [0.2, 0.25) is 0 Å². The molecule has 2 rings (SSSR count). The highest BCUT2D eigenvalue weighted by molar-refractivity contribution is 4.99. The molecule has 0 saturated carbocycles. The first kappa shape index (κ1) is 8.89. The summed E-state index contributed by atoms with van der Waals surface area (Å²) in [6.07, 6.45) is 5.41. The number of aryl methyl sites for hydroxylation is 1. The first-order valence-corrected chi connectivity index (χ1v) is 4.34. The van der Waals surface area contributed by atoms with Crippen LogP contribution in [0.5, 0.6) is 0 Å². The Kier molecular flexibility index (Phi) is 2.28. The second-order valence-electron chi connectivity index (χ2n) is 3.11. The minimum absolute atomic E-state index is 0.422. The molecule has 0 aliphatic carbocycles. The zero-order valence-electron chi connectivity index (χ0n) is 7.96. The molecule has 0 aliphatic rings. The van der Waals surface area contributed by atoms with Gasteiger partial charge in [-0.2, -0.15) is 0 Å². The first-order chi connectivity index (χ1) is 6.79. The molecule has 0 amide bonds. The summed E-state index contributed by atoms with van der Waals surface area (Å²) in [4.78, 5) is 4.02. The number of hydrogen-bond acceptors (Lipinski definition) is 4. The fraction of sp³-hybridized carbons (Fsp3) is 0.375. The van der Waals surface area contributed by atoms with E-state index in [-0.39, 0.29) is 0 Å². The number of rotatable bonds is 3. The van der Waals surface area contributed by atoms with Crippen molar-refractivity contribution in [2.75, 3.05) is 0 Å². The van der Waals surface area contributed by atoms with E-state index in [1.807, 2.05) is 24.0 Å². The lowest BCUT2D eigenvalue weighted by Crippen LogP contribution is -2.04. The Balaban J connectivity index is 2.15. The van der Waals surface area contributed by atoms with E-state index in [0.29, 0.717) is 13.1 Å². The van der Waals surface area contributed by atoms with Crippen molar-refractivity contribution >= 4 is 0 Å². The normalized spacial score (nSPS) is 10.7. The Morgan fingerprint density at radius 2 is 2.36 bits per heavy atom. The van der Waals surface area contributed by atoms with Crippen molar-refractivity contribution in [2.24, 2.45) is 12.8 Å². The van der Waals surface area contributed by atoms with Crippen LogP contribution in [-0.4, -0.2) is 24.5 Å². The van der Waals surface area contributed by atoms with Gasteiger partial charge in [0.05, 0.1) is 36.7 Å². The zero-order valence-corrected chi connectivity index (χ0v) is 7.96. The molecular weight excluding hydrogens is 180 g/mol. The van der Waals surface area contributed by atoms with Crippen LogP contribution in [0.3, 0.4) is 0 Å². The molecule has 14 heavy (non-hydrogen) atoms. The molecule has 0 aromatic carbocycles. The highest BCUT2D eigenvalue weighted by Crippen LogP contribution is 2.00. The van der Waals surface area contributed by atoms with E-state index in [1.165, 1.54) is 0 Å². The lowest BCUT2D eigenvalue weighted by molar-refractivity contribution is 0.620. The maximum Gasteiger partial charge on any atom is 0.0962 e. The van der Waals surface area contributed by atoms with E-state index in [1.54, 1.807) is 11.0 Å². The standard InChI is InChI=1S/C8H12N6/c1-13-6-10-3-8(13)5-14-4-7(2-9)11-12-14/h3-4,6H,2,5,9H2,1H3. The van der Waals surface area contributed by atoms with Crippen LogP contribution in [0.25, 0.3) is 0 Å². The maximum absolute atomic E-state index is 5.43. The van der Waals surface area contributed by atoms with Crippen LogP contribution in [0.1, 0.15) is 11.4 Å². The highest BCUT2D eigenvalue weighted by Gasteiger charge is 2.02. The van der Waals surface area contributed by atoms with Crippen LogP contribution in [0.2, 0.25) is 0 Å². The molecule has 0 radical (unpaired) electrons. The van der Waals surface area contributed by atoms with Crippen molar-refractivity contribution in [3.63, 3.8) is 0 Å². The summed E-state index contributed by atoms with van der Waals surface area (Å²) in [6.45, 7) is 1.09. The summed E-state index contributed by atoms with van der Waals surface area (Å²) in [7, 11) is 1.95. The predicted molar refractivity (Wildman–Crippen MR) is 50.2 cm³/mol. The van der Waals surface area contributed by atoms with Crippen LogP contribution in [0, 0.1) is 0 Å². The summed E-state index contributed by atoms with van der Waals surface area (Å²) in [6, 6.07) is 0. The number of hydrogen-bond donors (Lipinski definition) is 1. The molecule has 6 nitrogen and oxygen atoms in total. The zero-order chi connectivity index (χ0) is 9.97. The molecule has 0 fully saturated rings. The van der Waals surface area contributed by atoms with Crippen LogP contribution in [-0.2, 0) is 20.1 Å². The number of nitrogens with two attached hydrogens (primary N) is 1. The van der Waals surface area contributed by atoms with Crippen molar-refractivity contribution in [2.45, 2.75) is 13.1 Å². The van der Waals surface area contributed by atoms with Crippen molar-refractivity contribution in [3.8, 4) is 0 Å². The summed E-state index contributed by atoms with van der Waals surface area (Å²) < 4.78 is 3.70. The molecule has 2 aromatic heterocycles. The quantitative estimate of drug-likeness (QED) is 0.712. The van der Waals surface area contributed by atoms with Gasteiger partial charge in [-0.15, -0.1) is 5.10 Å². The largest absolute Gasteiger partial charge is 0.336 e. The molecule has 74 valence electrons. The van der Waals surface area contributed by atoms with E-state index in [2.05, 4.69) is 15.3 Å². The second-order valence-corrected chi connectivity index (χ2v) is 3.11. The third-order valence-electron chi connectivity index (χ3n) is 2.04. The molecule has 2 aromatic rings. The number of nitrogens with zero attached hydrogens (tertiary/aromatic N) is 5. The third kappa shape index (κ3) is 1.64. The molecule has 0 bridgehead atoms. The number of aromatic nitrogens is 5. The topological polar surface area (TPSA) is 74.5 Å². The molecule has 0 saturated heterocycles. The smallest absolute Gasteiger partial charge is 0.0962 e. The second kappa shape index (κ2) is 3.59. The van der Waals surface area contributed by atoms with Gasteiger partial charge in [0.25, 0.3) is 0 Å². The average molecular weight is 192 g/mol. The fourth-order valence-corrected chi connectivity index (χ4v) is 1.21. The van der Waals surface area contributed by atoms with Crippen LogP contribution >= 0.6 is 0 Å². The predicted octanol–water partition coefficient (Wildman–Crippen LogP) is -0.481. The Bertz CT molecular complexity index is 415. The van der Waals surface area contributed by atoms with E-state index >= 15 is 0 Å². The minimum Gasteiger partial charge on any atom is -0.336 e. The lowest BCUT2D eigenvalue weighted by Gasteiger charge is -2.00. The summed E-state index contributed by atoms with van der Waals surface area (Å²) in [5.41, 5.74) is 7.31. The van der Waals surface area contributed by atoms with Gasteiger partial charge >= 0.3 is 0 Å². The Morgan fingerprint density at radius 3 is 2.93 bits per heavy atom. The van der Waals surface area contributed by atoms with Crippen LogP contribution in [0.15, 0.2) is 18.7 Å². The van der Waals surface area contributed by atoms with Gasteiger partial charge in [-0.25, -0.2) is 9.67 Å². The molecular formula is C8H12N6. The first-order valence-electron chi connectivity index (χ1n) is 4.34. The Hall–Kier alpha value is -1.69. The average Bonchev–Trinajstić information content (AvgIpc) is 2.77. The maximum atomic E-state index is 5.43.